The normalized spacial score (nSPS) is 11.6. The van der Waals surface area contributed by atoms with E-state index in [1.54, 1.807) is 4.57 Å². The lowest BCUT2D eigenvalue weighted by Gasteiger charge is -2.12. The molecule has 144 valence electrons. The number of fused-ring (bicyclic) bond motifs is 2. The zero-order chi connectivity index (χ0) is 20.1. The second-order valence-corrected chi connectivity index (χ2v) is 7.05. The molecule has 4 aromatic heterocycles. The van der Waals surface area contributed by atoms with Crippen molar-refractivity contribution in [2.24, 2.45) is 0 Å². The molecule has 1 aromatic carbocycles. The van der Waals surface area contributed by atoms with Crippen LogP contribution in [0.25, 0.3) is 33.6 Å². The first-order valence-electron chi connectivity index (χ1n) is 8.42. The van der Waals surface area contributed by atoms with Crippen LogP contribution in [0.5, 0.6) is 0 Å². The van der Waals surface area contributed by atoms with Crippen LogP contribution in [0.1, 0.15) is 5.56 Å². The van der Waals surface area contributed by atoms with Crippen LogP contribution < -0.4 is 5.56 Å². The Bertz CT molecular complexity index is 1440. The Morgan fingerprint density at radius 1 is 1.07 bits per heavy atom. The van der Waals surface area contributed by atoms with Gasteiger partial charge < -0.3 is 9.55 Å². The standard InChI is InChI=1S/C19H10F3N5OS/c20-12-2-1-10-11(13(21)19(28)25-15(10)14(12)22)7-27-17(9-3-6-29-8-9)26-16-18(27)24-5-4-23-16/h1-6,8H,7H2,(H,25,28). The molecule has 0 fully saturated rings. The molecule has 4 heterocycles. The van der Waals surface area contributed by atoms with Gasteiger partial charge in [-0.25, -0.2) is 28.1 Å². The number of thiophene rings is 1. The summed E-state index contributed by atoms with van der Waals surface area (Å²) in [4.78, 5) is 27.0. The summed E-state index contributed by atoms with van der Waals surface area (Å²) in [5, 5.41) is 3.78. The molecule has 0 amide bonds. The summed E-state index contributed by atoms with van der Waals surface area (Å²) < 4.78 is 44.2. The lowest BCUT2D eigenvalue weighted by Crippen LogP contribution is -2.17. The molecular formula is C19H10F3N5OS. The van der Waals surface area contributed by atoms with E-state index in [9.17, 15) is 18.0 Å². The Morgan fingerprint density at radius 2 is 1.90 bits per heavy atom. The summed E-state index contributed by atoms with van der Waals surface area (Å²) in [6.07, 6.45) is 2.96. The van der Waals surface area contributed by atoms with Crippen molar-refractivity contribution < 1.29 is 13.2 Å². The van der Waals surface area contributed by atoms with Crippen LogP contribution in [-0.4, -0.2) is 24.5 Å². The van der Waals surface area contributed by atoms with Crippen LogP contribution in [0, 0.1) is 17.5 Å². The predicted molar refractivity (Wildman–Crippen MR) is 102 cm³/mol. The zero-order valence-corrected chi connectivity index (χ0v) is 15.3. The number of aromatic amines is 1. The van der Waals surface area contributed by atoms with E-state index in [1.165, 1.54) is 29.8 Å². The molecule has 1 N–H and O–H groups in total. The van der Waals surface area contributed by atoms with Gasteiger partial charge in [0, 0.05) is 34.3 Å². The van der Waals surface area contributed by atoms with Gasteiger partial charge in [0.1, 0.15) is 5.82 Å². The average Bonchev–Trinajstić information content (AvgIpc) is 3.37. The number of aromatic nitrogens is 5. The smallest absolute Gasteiger partial charge is 0.284 e. The van der Waals surface area contributed by atoms with Crippen LogP contribution in [0.4, 0.5) is 13.2 Å². The highest BCUT2D eigenvalue weighted by Gasteiger charge is 2.21. The summed E-state index contributed by atoms with van der Waals surface area (Å²) in [6, 6.07) is 3.96. The summed E-state index contributed by atoms with van der Waals surface area (Å²) in [6.45, 7) is -0.169. The number of benzene rings is 1. The minimum atomic E-state index is -1.24. The third-order valence-electron chi connectivity index (χ3n) is 4.60. The van der Waals surface area contributed by atoms with E-state index < -0.39 is 23.0 Å². The molecule has 0 unspecified atom stereocenters. The van der Waals surface area contributed by atoms with Crippen LogP contribution >= 0.6 is 11.3 Å². The molecule has 0 radical (unpaired) electrons. The van der Waals surface area contributed by atoms with E-state index >= 15 is 0 Å². The van der Waals surface area contributed by atoms with E-state index in [1.807, 2.05) is 16.8 Å². The van der Waals surface area contributed by atoms with Crippen molar-refractivity contribution >= 4 is 33.5 Å². The van der Waals surface area contributed by atoms with Crippen molar-refractivity contribution in [3.05, 3.63) is 74.7 Å². The highest BCUT2D eigenvalue weighted by Crippen LogP contribution is 2.28. The fraction of sp³-hybridized carbons (Fsp3) is 0.0526. The van der Waals surface area contributed by atoms with E-state index in [0.717, 1.165) is 11.6 Å². The minimum absolute atomic E-state index is 0.0583. The van der Waals surface area contributed by atoms with Crippen LogP contribution in [0.3, 0.4) is 0 Å². The van der Waals surface area contributed by atoms with Gasteiger partial charge in [0.25, 0.3) is 5.56 Å². The lowest BCUT2D eigenvalue weighted by molar-refractivity contribution is 0.514. The molecule has 0 atom stereocenters. The van der Waals surface area contributed by atoms with Gasteiger partial charge in [-0.3, -0.25) is 4.79 Å². The van der Waals surface area contributed by atoms with Crippen molar-refractivity contribution in [2.75, 3.05) is 0 Å². The molecule has 5 rings (SSSR count). The highest BCUT2D eigenvalue weighted by atomic mass is 32.1. The van der Waals surface area contributed by atoms with Crippen molar-refractivity contribution in [3.8, 4) is 11.4 Å². The molecule has 29 heavy (non-hydrogen) atoms. The zero-order valence-electron chi connectivity index (χ0n) is 14.5. The average molecular weight is 413 g/mol. The Hall–Kier alpha value is -3.53. The first-order valence-corrected chi connectivity index (χ1v) is 9.37. The van der Waals surface area contributed by atoms with Gasteiger partial charge in [-0.05, 0) is 23.6 Å². The quantitative estimate of drug-likeness (QED) is 0.487. The molecule has 0 saturated carbocycles. The van der Waals surface area contributed by atoms with Crippen LogP contribution in [-0.2, 0) is 6.54 Å². The molecule has 0 aliphatic carbocycles. The number of rotatable bonds is 3. The molecule has 0 aliphatic rings. The summed E-state index contributed by atoms with van der Waals surface area (Å²) in [7, 11) is 0. The van der Waals surface area contributed by atoms with Gasteiger partial charge in [-0.2, -0.15) is 11.3 Å². The number of nitrogens with one attached hydrogen (secondary N) is 1. The number of hydrogen-bond donors (Lipinski definition) is 1. The van der Waals surface area contributed by atoms with Gasteiger partial charge >= 0.3 is 0 Å². The second kappa shape index (κ2) is 6.52. The monoisotopic (exact) mass is 413 g/mol. The van der Waals surface area contributed by atoms with Gasteiger partial charge in [0.2, 0.25) is 0 Å². The molecular weight excluding hydrogens is 403 g/mol. The second-order valence-electron chi connectivity index (χ2n) is 6.27. The maximum Gasteiger partial charge on any atom is 0.284 e. The molecule has 0 spiro atoms. The molecule has 0 saturated heterocycles. The van der Waals surface area contributed by atoms with Gasteiger partial charge in [-0.1, -0.05) is 0 Å². The number of hydrogen-bond acceptors (Lipinski definition) is 5. The van der Waals surface area contributed by atoms with Crippen molar-refractivity contribution in [1.29, 1.82) is 0 Å². The van der Waals surface area contributed by atoms with Gasteiger partial charge in [-0.15, -0.1) is 0 Å². The largest absolute Gasteiger partial charge is 0.317 e. The fourth-order valence-corrected chi connectivity index (χ4v) is 3.91. The maximum atomic E-state index is 14.8. The topological polar surface area (TPSA) is 76.5 Å². The maximum absolute atomic E-state index is 14.8. The van der Waals surface area contributed by atoms with Crippen molar-refractivity contribution in [2.45, 2.75) is 6.54 Å². The Morgan fingerprint density at radius 3 is 2.69 bits per heavy atom. The van der Waals surface area contributed by atoms with E-state index in [0.29, 0.717) is 17.1 Å². The summed E-state index contributed by atoms with van der Waals surface area (Å²) >= 11 is 1.46. The van der Waals surface area contributed by atoms with Gasteiger partial charge in [0.15, 0.2) is 28.7 Å². The number of nitrogens with zero attached hydrogens (tertiary/aromatic N) is 4. The fourth-order valence-electron chi connectivity index (χ4n) is 3.28. The van der Waals surface area contributed by atoms with Crippen LogP contribution in [0.2, 0.25) is 0 Å². The van der Waals surface area contributed by atoms with E-state index in [2.05, 4.69) is 19.9 Å². The lowest BCUT2D eigenvalue weighted by atomic mass is 10.1. The Kier molecular flexibility index (Phi) is 3.95. The molecule has 10 heteroatoms. The predicted octanol–water partition coefficient (Wildman–Crippen LogP) is 3.86. The summed E-state index contributed by atoms with van der Waals surface area (Å²) in [5.74, 6) is -2.98. The molecule has 0 bridgehead atoms. The third-order valence-corrected chi connectivity index (χ3v) is 5.29. The van der Waals surface area contributed by atoms with Gasteiger partial charge in [0.05, 0.1) is 12.1 Å². The number of H-pyrrole nitrogens is 1. The SMILES string of the molecule is O=c1[nH]c2c(F)c(F)ccc2c(Cn2c(-c3ccsc3)nc3nccnc32)c1F. The molecule has 6 nitrogen and oxygen atoms in total. The van der Waals surface area contributed by atoms with Crippen molar-refractivity contribution in [1.82, 2.24) is 24.5 Å². The Balaban J connectivity index is 1.80. The van der Waals surface area contributed by atoms with E-state index in [-0.39, 0.29) is 23.0 Å². The van der Waals surface area contributed by atoms with Crippen LogP contribution in [0.15, 0.2) is 46.1 Å². The third kappa shape index (κ3) is 2.71. The highest BCUT2D eigenvalue weighted by molar-refractivity contribution is 7.08. The first-order chi connectivity index (χ1) is 14.0. The minimum Gasteiger partial charge on any atom is -0.317 e. The summed E-state index contributed by atoms with van der Waals surface area (Å²) in [5.41, 5.74) is -0.126. The Labute approximate surface area is 164 Å². The molecule has 5 aromatic rings. The number of imidazole rings is 1. The molecule has 0 aliphatic heterocycles. The first kappa shape index (κ1) is 17.6. The number of pyridine rings is 1. The van der Waals surface area contributed by atoms with Crippen molar-refractivity contribution in [3.63, 3.8) is 0 Å². The van der Waals surface area contributed by atoms with E-state index in [4.69, 9.17) is 0 Å². The number of halogens is 3.